The van der Waals surface area contributed by atoms with Gasteiger partial charge in [-0.15, -0.1) is 0 Å². The lowest BCUT2D eigenvalue weighted by molar-refractivity contribution is -0.138. The van der Waals surface area contributed by atoms with Gasteiger partial charge in [-0.3, -0.25) is 9.69 Å². The Morgan fingerprint density at radius 2 is 2.21 bits per heavy atom. The monoisotopic (exact) mass is 379 g/mol. The Balaban J connectivity index is 1.58. The highest BCUT2D eigenvalue weighted by Gasteiger charge is 2.66. The molecule has 28 heavy (non-hydrogen) atoms. The topological polar surface area (TPSA) is 38.8 Å². The molecule has 4 atom stereocenters. The number of likely N-dealkylation sites (tertiary alicyclic amines) is 1. The summed E-state index contributed by atoms with van der Waals surface area (Å²) in [5, 5.41) is 0. The Bertz CT molecular complexity index is 902. The summed E-state index contributed by atoms with van der Waals surface area (Å²) in [6.45, 7) is 8.67. The number of methoxy groups -OCH3 is 1. The average molecular weight is 380 g/mol. The molecule has 0 amide bonds. The minimum absolute atomic E-state index is 0.151. The Kier molecular flexibility index (Phi) is 3.43. The minimum atomic E-state index is -0.319. The number of hydrogen-bond donors (Lipinski definition) is 0. The van der Waals surface area contributed by atoms with Gasteiger partial charge in [0.25, 0.3) is 0 Å². The molecule has 3 fully saturated rings. The van der Waals surface area contributed by atoms with Crippen molar-refractivity contribution in [3.8, 4) is 11.5 Å². The standard InChI is InChI=1S/C24H29NO3/c1-13(2)15-11-20(27-3)22-21-16(15)10-18-17-6-7-19(26)23(28-22)24(17,21)8-9-25(18)12-14-4-5-14/h11,14,17-18,23H,1,4-10,12H2,2-3H3/t17?,18?,23?,24-/m1/s1. The van der Waals surface area contributed by atoms with E-state index in [1.807, 2.05) is 0 Å². The lowest BCUT2D eigenvalue weighted by atomic mass is 9.51. The van der Waals surface area contributed by atoms with Crippen LogP contribution in [0, 0.1) is 11.8 Å². The number of nitrogens with zero attached hydrogens (tertiary/aromatic N) is 1. The predicted octanol–water partition coefficient (Wildman–Crippen LogP) is 3.75. The fraction of sp³-hybridized carbons (Fsp3) is 0.625. The highest BCUT2D eigenvalue weighted by Crippen LogP contribution is 2.64. The highest BCUT2D eigenvalue weighted by molar-refractivity contribution is 5.90. The fourth-order valence-corrected chi connectivity index (χ4v) is 6.87. The van der Waals surface area contributed by atoms with Gasteiger partial charge >= 0.3 is 0 Å². The molecule has 4 nitrogen and oxygen atoms in total. The van der Waals surface area contributed by atoms with E-state index >= 15 is 0 Å². The minimum Gasteiger partial charge on any atom is -0.493 e. The van der Waals surface area contributed by atoms with Gasteiger partial charge in [-0.25, -0.2) is 0 Å². The lowest BCUT2D eigenvalue weighted by Crippen LogP contribution is -2.66. The number of carbonyl (C=O) groups is 1. The predicted molar refractivity (Wildman–Crippen MR) is 108 cm³/mol. The molecule has 0 aromatic heterocycles. The van der Waals surface area contributed by atoms with Gasteiger partial charge in [-0.05, 0) is 74.6 Å². The van der Waals surface area contributed by atoms with Crippen molar-refractivity contribution in [2.45, 2.75) is 63.0 Å². The van der Waals surface area contributed by atoms with E-state index in [1.165, 1.54) is 36.1 Å². The largest absolute Gasteiger partial charge is 0.493 e. The smallest absolute Gasteiger partial charge is 0.174 e. The van der Waals surface area contributed by atoms with Crippen molar-refractivity contribution in [3.05, 3.63) is 29.3 Å². The van der Waals surface area contributed by atoms with Crippen molar-refractivity contribution in [2.75, 3.05) is 20.2 Å². The van der Waals surface area contributed by atoms with E-state index in [-0.39, 0.29) is 17.3 Å². The van der Waals surface area contributed by atoms with Crippen LogP contribution >= 0.6 is 0 Å². The third-order valence-corrected chi connectivity index (χ3v) is 8.21. The SMILES string of the molecule is C=C(C)c1cc(OC)c2c3c1CC1C4CCC(=O)C(O2)[C@@]34CCN1CC1CC1. The molecule has 2 heterocycles. The molecule has 3 aliphatic carbocycles. The number of allylic oxidation sites excluding steroid dienone is 1. The van der Waals surface area contributed by atoms with Crippen LogP contribution < -0.4 is 9.47 Å². The zero-order valence-corrected chi connectivity index (χ0v) is 16.9. The lowest BCUT2D eigenvalue weighted by Gasteiger charge is -2.58. The molecular weight excluding hydrogens is 350 g/mol. The van der Waals surface area contributed by atoms with Crippen LogP contribution in [0.4, 0.5) is 0 Å². The van der Waals surface area contributed by atoms with Gasteiger partial charge in [0.15, 0.2) is 23.4 Å². The van der Waals surface area contributed by atoms with Crippen LogP contribution in [0.15, 0.2) is 12.6 Å². The van der Waals surface area contributed by atoms with Crippen LogP contribution in [-0.4, -0.2) is 43.0 Å². The normalized spacial score (nSPS) is 35.4. The summed E-state index contributed by atoms with van der Waals surface area (Å²) in [5.41, 5.74) is 4.80. The maximum absolute atomic E-state index is 13.0. The first-order chi connectivity index (χ1) is 13.5. The summed E-state index contributed by atoms with van der Waals surface area (Å²) in [4.78, 5) is 15.8. The maximum atomic E-state index is 13.0. The molecule has 2 saturated carbocycles. The molecule has 3 unspecified atom stereocenters. The van der Waals surface area contributed by atoms with Gasteiger partial charge < -0.3 is 9.47 Å². The Morgan fingerprint density at radius 3 is 2.93 bits per heavy atom. The molecule has 2 bridgehead atoms. The fourth-order valence-electron chi connectivity index (χ4n) is 6.87. The number of carbonyl (C=O) groups excluding carboxylic acids is 1. The van der Waals surface area contributed by atoms with E-state index in [0.717, 1.165) is 48.8 Å². The molecule has 0 N–H and O–H groups in total. The zero-order valence-electron chi connectivity index (χ0n) is 16.9. The maximum Gasteiger partial charge on any atom is 0.174 e. The van der Waals surface area contributed by atoms with Crippen molar-refractivity contribution in [1.29, 1.82) is 0 Å². The first kappa shape index (κ1) is 17.1. The molecule has 2 aliphatic heterocycles. The van der Waals surface area contributed by atoms with E-state index in [4.69, 9.17) is 9.47 Å². The van der Waals surface area contributed by atoms with Gasteiger partial charge in [0.05, 0.1) is 7.11 Å². The molecule has 0 radical (unpaired) electrons. The Labute approximate surface area is 166 Å². The average Bonchev–Trinajstić information content (AvgIpc) is 3.42. The Morgan fingerprint density at radius 1 is 1.39 bits per heavy atom. The molecule has 1 aromatic carbocycles. The highest BCUT2D eigenvalue weighted by atomic mass is 16.5. The van der Waals surface area contributed by atoms with Crippen LogP contribution in [0.25, 0.3) is 5.57 Å². The third-order valence-electron chi connectivity index (χ3n) is 8.21. The quantitative estimate of drug-likeness (QED) is 0.799. The second-order valence-corrected chi connectivity index (χ2v) is 9.70. The molecule has 1 spiro atoms. The summed E-state index contributed by atoms with van der Waals surface area (Å²) in [6, 6.07) is 2.62. The van der Waals surface area contributed by atoms with Crippen LogP contribution in [0.2, 0.25) is 0 Å². The van der Waals surface area contributed by atoms with Crippen molar-refractivity contribution >= 4 is 11.4 Å². The van der Waals surface area contributed by atoms with Crippen LogP contribution in [0.5, 0.6) is 11.5 Å². The summed E-state index contributed by atoms with van der Waals surface area (Å²) < 4.78 is 12.2. The summed E-state index contributed by atoms with van der Waals surface area (Å²) in [6.07, 6.45) is 6.20. The molecule has 5 aliphatic rings. The van der Waals surface area contributed by atoms with Crippen LogP contribution in [0.3, 0.4) is 0 Å². The second-order valence-electron chi connectivity index (χ2n) is 9.70. The zero-order chi connectivity index (χ0) is 19.2. The van der Waals surface area contributed by atoms with Gasteiger partial charge in [0.1, 0.15) is 0 Å². The number of piperidine rings is 1. The summed E-state index contributed by atoms with van der Waals surface area (Å²) >= 11 is 0. The first-order valence-electron chi connectivity index (χ1n) is 10.9. The second kappa shape index (κ2) is 5.63. The first-order valence-corrected chi connectivity index (χ1v) is 10.9. The van der Waals surface area contributed by atoms with Crippen LogP contribution in [-0.2, 0) is 16.6 Å². The number of benzene rings is 1. The molecule has 1 saturated heterocycles. The number of rotatable bonds is 4. The van der Waals surface area contributed by atoms with Gasteiger partial charge in [0.2, 0.25) is 0 Å². The molecular formula is C24H29NO3. The van der Waals surface area contributed by atoms with Gasteiger partial charge in [0, 0.05) is 30.0 Å². The van der Waals surface area contributed by atoms with Gasteiger partial charge in [-0.1, -0.05) is 12.2 Å². The van der Waals surface area contributed by atoms with E-state index in [1.54, 1.807) is 7.11 Å². The van der Waals surface area contributed by atoms with Crippen molar-refractivity contribution < 1.29 is 14.3 Å². The van der Waals surface area contributed by atoms with Crippen molar-refractivity contribution in [3.63, 3.8) is 0 Å². The third kappa shape index (κ3) is 2.02. The van der Waals surface area contributed by atoms with Gasteiger partial charge in [-0.2, -0.15) is 0 Å². The summed E-state index contributed by atoms with van der Waals surface area (Å²) in [5.74, 6) is 3.31. The molecule has 148 valence electrons. The number of ether oxygens (including phenoxy) is 2. The van der Waals surface area contributed by atoms with Crippen molar-refractivity contribution in [2.24, 2.45) is 11.8 Å². The molecule has 6 rings (SSSR count). The molecule has 1 aromatic rings. The number of hydrogen-bond acceptors (Lipinski definition) is 4. The molecule has 4 heteroatoms. The van der Waals surface area contributed by atoms with Crippen LogP contribution in [0.1, 0.15) is 55.7 Å². The van der Waals surface area contributed by atoms with E-state index in [0.29, 0.717) is 18.4 Å². The van der Waals surface area contributed by atoms with E-state index < -0.39 is 0 Å². The summed E-state index contributed by atoms with van der Waals surface area (Å²) in [7, 11) is 1.70. The van der Waals surface area contributed by atoms with Crippen molar-refractivity contribution in [1.82, 2.24) is 4.90 Å². The van der Waals surface area contributed by atoms with E-state index in [2.05, 4.69) is 24.5 Å². The van der Waals surface area contributed by atoms with E-state index in [9.17, 15) is 4.79 Å². The number of ketones is 1. The Hall–Kier alpha value is -1.81. The number of Topliss-reactive ketones (excluding diaryl/α,β-unsaturated/α-hetero) is 1.